The first-order chi connectivity index (χ1) is 8.93. The van der Waals surface area contributed by atoms with Gasteiger partial charge in [0.2, 0.25) is 0 Å². The van der Waals surface area contributed by atoms with Crippen molar-refractivity contribution < 1.29 is 19.4 Å². The number of nitrogens with one attached hydrogen (secondary N) is 1. The van der Waals surface area contributed by atoms with Crippen molar-refractivity contribution in [2.24, 2.45) is 0 Å². The van der Waals surface area contributed by atoms with Crippen molar-refractivity contribution in [2.75, 3.05) is 14.2 Å². The molecule has 0 atom stereocenters. The van der Waals surface area contributed by atoms with Gasteiger partial charge in [-0.2, -0.15) is 0 Å². The summed E-state index contributed by atoms with van der Waals surface area (Å²) in [6.07, 6.45) is 1.51. The van der Waals surface area contributed by atoms with Gasteiger partial charge in [-0.05, 0) is 23.8 Å². The Hall–Kier alpha value is -2.02. The Labute approximate surface area is 117 Å². The highest BCUT2D eigenvalue weighted by Gasteiger charge is 2.30. The number of phenols is 1. The number of imide groups is 1. The van der Waals surface area contributed by atoms with Crippen LogP contribution in [0.3, 0.4) is 0 Å². The SMILES string of the molecule is COc1cc(/C=C2/NC(=O)N(C)C2=O)c(Br)cc1O. The minimum Gasteiger partial charge on any atom is -0.504 e. The Morgan fingerprint density at radius 3 is 2.63 bits per heavy atom. The summed E-state index contributed by atoms with van der Waals surface area (Å²) in [6.45, 7) is 0. The Bertz CT molecular complexity index is 598. The van der Waals surface area contributed by atoms with Crippen LogP contribution in [-0.4, -0.2) is 36.1 Å². The van der Waals surface area contributed by atoms with Gasteiger partial charge in [0.1, 0.15) is 5.70 Å². The number of halogens is 1. The third-order valence-electron chi connectivity index (χ3n) is 2.68. The van der Waals surface area contributed by atoms with Gasteiger partial charge < -0.3 is 15.2 Å². The number of urea groups is 1. The molecule has 19 heavy (non-hydrogen) atoms. The number of aromatic hydroxyl groups is 1. The van der Waals surface area contributed by atoms with E-state index in [1.807, 2.05) is 0 Å². The molecule has 0 aromatic heterocycles. The molecule has 0 aliphatic carbocycles. The van der Waals surface area contributed by atoms with E-state index in [0.717, 1.165) is 4.90 Å². The van der Waals surface area contributed by atoms with Gasteiger partial charge in [0, 0.05) is 11.5 Å². The lowest BCUT2D eigenvalue weighted by molar-refractivity contribution is -0.121. The number of hydrogen-bond donors (Lipinski definition) is 2. The molecular formula is C12H11BrN2O4. The van der Waals surface area contributed by atoms with Gasteiger partial charge in [-0.25, -0.2) is 4.79 Å². The zero-order valence-electron chi connectivity index (χ0n) is 10.2. The predicted octanol–water partition coefficient (Wildman–Crippen LogP) is 1.69. The number of hydrogen-bond acceptors (Lipinski definition) is 4. The van der Waals surface area contributed by atoms with Crippen molar-refractivity contribution in [1.29, 1.82) is 0 Å². The lowest BCUT2D eigenvalue weighted by atomic mass is 10.1. The average molecular weight is 327 g/mol. The average Bonchev–Trinajstić information content (AvgIpc) is 2.60. The van der Waals surface area contributed by atoms with Gasteiger partial charge in [0.15, 0.2) is 11.5 Å². The number of phenolic OH excluding ortho intramolecular Hbond substituents is 1. The smallest absolute Gasteiger partial charge is 0.328 e. The molecule has 0 radical (unpaired) electrons. The first-order valence-corrected chi connectivity index (χ1v) is 6.10. The second kappa shape index (κ2) is 4.93. The Balaban J connectivity index is 2.44. The molecule has 1 saturated heterocycles. The van der Waals surface area contributed by atoms with Crippen LogP contribution < -0.4 is 10.1 Å². The van der Waals surface area contributed by atoms with Crippen LogP contribution in [0, 0.1) is 0 Å². The van der Waals surface area contributed by atoms with Crippen LogP contribution in [-0.2, 0) is 4.79 Å². The number of carbonyl (C=O) groups is 2. The first kappa shape index (κ1) is 13.4. The van der Waals surface area contributed by atoms with E-state index < -0.39 is 11.9 Å². The highest BCUT2D eigenvalue weighted by molar-refractivity contribution is 9.10. The van der Waals surface area contributed by atoms with E-state index in [2.05, 4.69) is 21.2 Å². The van der Waals surface area contributed by atoms with Crippen LogP contribution in [0.1, 0.15) is 5.56 Å². The van der Waals surface area contributed by atoms with Crippen LogP contribution >= 0.6 is 15.9 Å². The molecule has 0 unspecified atom stereocenters. The predicted molar refractivity (Wildman–Crippen MR) is 71.6 cm³/mol. The lowest BCUT2D eigenvalue weighted by Gasteiger charge is -2.07. The van der Waals surface area contributed by atoms with Crippen molar-refractivity contribution in [3.63, 3.8) is 0 Å². The minimum atomic E-state index is -0.474. The molecule has 0 saturated carbocycles. The number of ether oxygens (including phenoxy) is 1. The van der Waals surface area contributed by atoms with E-state index in [9.17, 15) is 14.7 Å². The van der Waals surface area contributed by atoms with Crippen molar-refractivity contribution in [1.82, 2.24) is 10.2 Å². The van der Waals surface area contributed by atoms with Crippen LogP contribution in [0.15, 0.2) is 22.3 Å². The van der Waals surface area contributed by atoms with Gasteiger partial charge in [-0.15, -0.1) is 0 Å². The zero-order chi connectivity index (χ0) is 14.2. The normalized spacial score (nSPS) is 17.0. The summed E-state index contributed by atoms with van der Waals surface area (Å²) in [7, 11) is 2.82. The van der Waals surface area contributed by atoms with Crippen LogP contribution in [0.25, 0.3) is 6.08 Å². The fourth-order valence-corrected chi connectivity index (χ4v) is 2.06. The largest absolute Gasteiger partial charge is 0.504 e. The molecule has 1 fully saturated rings. The third kappa shape index (κ3) is 2.41. The van der Waals surface area contributed by atoms with E-state index in [4.69, 9.17) is 4.74 Å². The molecule has 3 amide bonds. The van der Waals surface area contributed by atoms with Gasteiger partial charge in [0.05, 0.1) is 7.11 Å². The summed E-state index contributed by atoms with van der Waals surface area (Å²) in [5, 5.41) is 12.0. The topological polar surface area (TPSA) is 78.9 Å². The molecule has 6 nitrogen and oxygen atoms in total. The molecule has 0 spiro atoms. The summed E-state index contributed by atoms with van der Waals surface area (Å²) >= 11 is 3.27. The first-order valence-electron chi connectivity index (χ1n) is 5.31. The van der Waals surface area contributed by atoms with Gasteiger partial charge in [-0.3, -0.25) is 9.69 Å². The summed E-state index contributed by atoms with van der Waals surface area (Å²) < 4.78 is 5.57. The maximum atomic E-state index is 11.7. The highest BCUT2D eigenvalue weighted by Crippen LogP contribution is 2.33. The second-order valence-corrected chi connectivity index (χ2v) is 4.75. The van der Waals surface area contributed by atoms with E-state index in [1.54, 1.807) is 6.07 Å². The molecule has 2 N–H and O–H groups in total. The number of rotatable bonds is 2. The Kier molecular flexibility index (Phi) is 3.48. The molecule has 1 aromatic carbocycles. The van der Waals surface area contributed by atoms with E-state index in [-0.39, 0.29) is 17.2 Å². The molecule has 1 aliphatic rings. The maximum absolute atomic E-state index is 11.7. The summed E-state index contributed by atoms with van der Waals surface area (Å²) in [6, 6.07) is 2.54. The van der Waals surface area contributed by atoms with Crippen molar-refractivity contribution in [2.45, 2.75) is 0 Å². The molecule has 1 aromatic rings. The quantitative estimate of drug-likeness (QED) is 0.640. The van der Waals surface area contributed by atoms with E-state index >= 15 is 0 Å². The fraction of sp³-hybridized carbons (Fsp3) is 0.167. The molecule has 1 heterocycles. The molecular weight excluding hydrogens is 316 g/mol. The summed E-state index contributed by atoms with van der Waals surface area (Å²) in [5.74, 6) is -0.153. The van der Waals surface area contributed by atoms with Crippen molar-refractivity contribution >= 4 is 33.9 Å². The van der Waals surface area contributed by atoms with Crippen molar-refractivity contribution in [3.8, 4) is 11.5 Å². The van der Waals surface area contributed by atoms with E-state index in [0.29, 0.717) is 10.0 Å². The Morgan fingerprint density at radius 2 is 2.11 bits per heavy atom. The van der Waals surface area contributed by atoms with Crippen LogP contribution in [0.5, 0.6) is 11.5 Å². The fourth-order valence-electron chi connectivity index (χ4n) is 1.61. The number of carbonyl (C=O) groups excluding carboxylic acids is 2. The van der Waals surface area contributed by atoms with Crippen LogP contribution in [0.4, 0.5) is 4.79 Å². The van der Waals surface area contributed by atoms with Gasteiger partial charge >= 0.3 is 6.03 Å². The lowest BCUT2D eigenvalue weighted by Crippen LogP contribution is -2.25. The monoisotopic (exact) mass is 326 g/mol. The van der Waals surface area contributed by atoms with Gasteiger partial charge in [0.25, 0.3) is 5.91 Å². The number of methoxy groups -OCH3 is 1. The third-order valence-corrected chi connectivity index (χ3v) is 3.37. The number of likely N-dealkylation sites (N-methyl/N-ethyl adjacent to an activating group) is 1. The number of benzene rings is 1. The van der Waals surface area contributed by atoms with Crippen LogP contribution in [0.2, 0.25) is 0 Å². The molecule has 100 valence electrons. The van der Waals surface area contributed by atoms with Crippen molar-refractivity contribution in [3.05, 3.63) is 27.9 Å². The second-order valence-electron chi connectivity index (χ2n) is 3.90. The minimum absolute atomic E-state index is 0.0181. The summed E-state index contributed by atoms with van der Waals surface area (Å²) in [5.41, 5.74) is 0.773. The number of nitrogens with zero attached hydrogens (tertiary/aromatic N) is 1. The Morgan fingerprint density at radius 1 is 1.42 bits per heavy atom. The zero-order valence-corrected chi connectivity index (χ0v) is 11.8. The standard InChI is InChI=1S/C12H11BrN2O4/c1-15-11(17)8(14-12(15)18)3-6-4-10(19-2)9(16)5-7(6)13/h3-5,16H,1-2H3,(H,14,18)/b8-3+. The van der Waals surface area contributed by atoms with Gasteiger partial charge in [-0.1, -0.05) is 15.9 Å². The molecule has 1 aliphatic heterocycles. The highest BCUT2D eigenvalue weighted by atomic mass is 79.9. The molecule has 2 rings (SSSR count). The maximum Gasteiger partial charge on any atom is 0.328 e. The number of amides is 3. The van der Waals surface area contributed by atoms with E-state index in [1.165, 1.54) is 26.3 Å². The molecule has 7 heteroatoms. The molecule has 0 bridgehead atoms. The summed E-state index contributed by atoms with van der Waals surface area (Å²) in [4.78, 5) is 24.0.